The molecule has 0 aliphatic heterocycles. The van der Waals surface area contributed by atoms with Crippen molar-refractivity contribution in [2.24, 2.45) is 11.3 Å². The number of ether oxygens (including phenoxy) is 2. The summed E-state index contributed by atoms with van der Waals surface area (Å²) in [5.74, 6) is 2.95. The SMILES string of the molecule is CC(C)c1ccc2c(c1)CC[C@H]1[C@](C)(CC(=O)Oc3ccc(Oc4ccccc4)cc3)CCC[C@]21C. The second-order valence-electron chi connectivity index (χ2n) is 11.6. The van der Waals surface area contributed by atoms with Gasteiger partial charge in [0.25, 0.3) is 0 Å². The third-order valence-electron chi connectivity index (χ3n) is 8.75. The maximum atomic E-state index is 13.2. The lowest BCUT2D eigenvalue weighted by Gasteiger charge is -2.55. The highest BCUT2D eigenvalue weighted by Crippen LogP contribution is 2.58. The third-order valence-corrected chi connectivity index (χ3v) is 8.75. The highest BCUT2D eigenvalue weighted by atomic mass is 16.5. The number of hydrogen-bond acceptors (Lipinski definition) is 3. The molecule has 2 aliphatic carbocycles. The van der Waals surface area contributed by atoms with Gasteiger partial charge < -0.3 is 9.47 Å². The van der Waals surface area contributed by atoms with Gasteiger partial charge in [0.05, 0.1) is 6.42 Å². The molecule has 0 radical (unpaired) electrons. The van der Waals surface area contributed by atoms with Crippen molar-refractivity contribution in [1.29, 1.82) is 0 Å². The first-order valence-electron chi connectivity index (χ1n) is 13.4. The van der Waals surface area contributed by atoms with Crippen molar-refractivity contribution >= 4 is 5.97 Å². The van der Waals surface area contributed by atoms with Gasteiger partial charge in [0, 0.05) is 0 Å². The van der Waals surface area contributed by atoms with Gasteiger partial charge in [-0.1, -0.05) is 70.5 Å². The van der Waals surface area contributed by atoms with Crippen molar-refractivity contribution in [1.82, 2.24) is 0 Å². The average Bonchev–Trinajstić information content (AvgIpc) is 2.85. The number of fused-ring (bicyclic) bond motifs is 3. The number of rotatable bonds is 6. The summed E-state index contributed by atoms with van der Waals surface area (Å²) in [5.41, 5.74) is 4.51. The van der Waals surface area contributed by atoms with Crippen LogP contribution in [-0.4, -0.2) is 5.97 Å². The summed E-state index contributed by atoms with van der Waals surface area (Å²) in [7, 11) is 0. The molecule has 0 unspecified atom stereocenters. The van der Waals surface area contributed by atoms with Gasteiger partial charge in [0.2, 0.25) is 0 Å². The second-order valence-corrected chi connectivity index (χ2v) is 11.6. The minimum absolute atomic E-state index is 0.0607. The largest absolute Gasteiger partial charge is 0.457 e. The summed E-state index contributed by atoms with van der Waals surface area (Å²) >= 11 is 0. The Hall–Kier alpha value is -3.07. The van der Waals surface area contributed by atoms with Gasteiger partial charge >= 0.3 is 5.97 Å². The van der Waals surface area contributed by atoms with Crippen LogP contribution < -0.4 is 9.47 Å². The predicted octanol–water partition coefficient (Wildman–Crippen LogP) is 8.61. The van der Waals surface area contributed by atoms with Crippen LogP contribution in [0.15, 0.2) is 72.8 Å². The molecule has 0 bridgehead atoms. The fraction of sp³-hybridized carbons (Fsp3) is 0.424. The maximum Gasteiger partial charge on any atom is 0.311 e. The molecule has 0 saturated heterocycles. The molecule has 5 rings (SSSR count). The van der Waals surface area contributed by atoms with Crippen molar-refractivity contribution in [2.45, 2.75) is 77.6 Å². The first kappa shape index (κ1) is 24.6. The van der Waals surface area contributed by atoms with Crippen molar-refractivity contribution in [3.05, 3.63) is 89.5 Å². The topological polar surface area (TPSA) is 35.5 Å². The lowest BCUT2D eigenvalue weighted by atomic mass is 9.49. The molecule has 36 heavy (non-hydrogen) atoms. The Morgan fingerprint density at radius 2 is 1.61 bits per heavy atom. The summed E-state index contributed by atoms with van der Waals surface area (Å²) < 4.78 is 11.7. The maximum absolute atomic E-state index is 13.2. The first-order chi connectivity index (χ1) is 17.3. The Morgan fingerprint density at radius 3 is 2.33 bits per heavy atom. The molecule has 1 saturated carbocycles. The van der Waals surface area contributed by atoms with E-state index in [4.69, 9.17) is 9.47 Å². The van der Waals surface area contributed by atoms with Gasteiger partial charge in [0.1, 0.15) is 17.2 Å². The van der Waals surface area contributed by atoms with Crippen LogP contribution in [0.5, 0.6) is 17.2 Å². The molecule has 188 valence electrons. The Labute approximate surface area is 215 Å². The molecule has 2 aliphatic rings. The monoisotopic (exact) mass is 482 g/mol. The van der Waals surface area contributed by atoms with E-state index in [-0.39, 0.29) is 16.8 Å². The van der Waals surface area contributed by atoms with Gasteiger partial charge in [-0.15, -0.1) is 0 Å². The van der Waals surface area contributed by atoms with Gasteiger partial charge in [0.15, 0.2) is 0 Å². The summed E-state index contributed by atoms with van der Waals surface area (Å²) in [6.45, 7) is 9.30. The Morgan fingerprint density at radius 1 is 0.917 bits per heavy atom. The summed E-state index contributed by atoms with van der Waals surface area (Å²) in [6, 6.07) is 24.1. The minimum Gasteiger partial charge on any atom is -0.457 e. The van der Waals surface area contributed by atoms with Crippen molar-refractivity contribution in [3.8, 4) is 17.2 Å². The van der Waals surface area contributed by atoms with E-state index in [2.05, 4.69) is 45.9 Å². The van der Waals surface area contributed by atoms with Crippen LogP contribution in [-0.2, 0) is 16.6 Å². The zero-order valence-electron chi connectivity index (χ0n) is 22.1. The number of carbonyl (C=O) groups is 1. The highest BCUT2D eigenvalue weighted by molar-refractivity contribution is 5.73. The molecule has 1 fully saturated rings. The molecule has 0 spiro atoms. The molecule has 3 atom stereocenters. The molecule has 0 aromatic heterocycles. The van der Waals surface area contributed by atoms with Crippen molar-refractivity contribution in [3.63, 3.8) is 0 Å². The summed E-state index contributed by atoms with van der Waals surface area (Å²) in [6.07, 6.45) is 6.11. The average molecular weight is 483 g/mol. The fourth-order valence-electron chi connectivity index (χ4n) is 6.91. The van der Waals surface area contributed by atoms with E-state index in [0.717, 1.165) is 37.2 Å². The number of para-hydroxylation sites is 1. The first-order valence-corrected chi connectivity index (χ1v) is 13.4. The smallest absolute Gasteiger partial charge is 0.311 e. The molecule has 0 amide bonds. The van der Waals surface area contributed by atoms with E-state index in [0.29, 0.717) is 24.0 Å². The molecule has 3 heteroatoms. The van der Waals surface area contributed by atoms with E-state index < -0.39 is 0 Å². The fourth-order valence-corrected chi connectivity index (χ4v) is 6.91. The van der Waals surface area contributed by atoms with Crippen LogP contribution >= 0.6 is 0 Å². The summed E-state index contributed by atoms with van der Waals surface area (Å²) in [5, 5.41) is 0. The van der Waals surface area contributed by atoms with Crippen LogP contribution in [0.1, 0.15) is 82.4 Å². The lowest BCUT2D eigenvalue weighted by molar-refractivity contribution is -0.139. The van der Waals surface area contributed by atoms with E-state index in [1.165, 1.54) is 23.1 Å². The number of aryl methyl sites for hydroxylation is 1. The normalized spacial score (nSPS) is 25.1. The van der Waals surface area contributed by atoms with Crippen molar-refractivity contribution in [2.75, 3.05) is 0 Å². The molecular weight excluding hydrogens is 444 g/mol. The minimum atomic E-state index is -0.139. The zero-order valence-corrected chi connectivity index (χ0v) is 22.1. The quantitative estimate of drug-likeness (QED) is 0.261. The molecular formula is C33H38O3. The van der Waals surface area contributed by atoms with Crippen LogP contribution in [0.25, 0.3) is 0 Å². The molecule has 3 nitrogen and oxygen atoms in total. The lowest BCUT2D eigenvalue weighted by Crippen LogP contribution is -2.50. The van der Waals surface area contributed by atoms with Crippen LogP contribution in [0.2, 0.25) is 0 Å². The standard InChI is InChI=1S/C33H38O3/c1-23(2)24-11-17-29-25(21-24)12-18-30-32(3,19-8-20-33(29,30)4)22-31(34)36-28-15-13-27(14-16-28)35-26-9-6-5-7-10-26/h5-7,9-11,13-17,21,23,30H,8,12,18-20,22H2,1-4H3/t30-,32-,33+/m0/s1. The van der Waals surface area contributed by atoms with E-state index in [1.54, 1.807) is 0 Å². The van der Waals surface area contributed by atoms with Crippen LogP contribution in [0.3, 0.4) is 0 Å². The van der Waals surface area contributed by atoms with Gasteiger partial charge in [-0.3, -0.25) is 4.79 Å². The molecule has 3 aromatic carbocycles. The van der Waals surface area contributed by atoms with E-state index in [9.17, 15) is 4.79 Å². The van der Waals surface area contributed by atoms with Crippen LogP contribution in [0, 0.1) is 11.3 Å². The number of carbonyl (C=O) groups excluding carboxylic acids is 1. The zero-order chi connectivity index (χ0) is 25.3. The second kappa shape index (κ2) is 9.76. The number of hydrogen-bond donors (Lipinski definition) is 0. The molecule has 0 heterocycles. The Balaban J connectivity index is 1.28. The number of esters is 1. The Bertz CT molecular complexity index is 1210. The third kappa shape index (κ3) is 4.81. The van der Waals surface area contributed by atoms with Crippen LogP contribution in [0.4, 0.5) is 0 Å². The Kier molecular flexibility index (Phi) is 6.68. The predicted molar refractivity (Wildman–Crippen MR) is 145 cm³/mol. The van der Waals surface area contributed by atoms with E-state index in [1.807, 2.05) is 54.6 Å². The molecule has 0 N–H and O–H groups in total. The molecule has 3 aromatic rings. The van der Waals surface area contributed by atoms with Gasteiger partial charge in [-0.2, -0.15) is 0 Å². The highest BCUT2D eigenvalue weighted by Gasteiger charge is 2.52. The van der Waals surface area contributed by atoms with Gasteiger partial charge in [-0.05, 0) is 101 Å². The van der Waals surface area contributed by atoms with E-state index >= 15 is 0 Å². The summed E-state index contributed by atoms with van der Waals surface area (Å²) in [4.78, 5) is 13.2. The van der Waals surface area contributed by atoms with Gasteiger partial charge in [-0.25, -0.2) is 0 Å². The number of benzene rings is 3. The van der Waals surface area contributed by atoms with Crippen molar-refractivity contribution < 1.29 is 14.3 Å².